The van der Waals surface area contributed by atoms with Gasteiger partial charge < -0.3 is 14.6 Å². The van der Waals surface area contributed by atoms with Crippen molar-refractivity contribution in [1.29, 1.82) is 0 Å². The Morgan fingerprint density at radius 2 is 2.11 bits per heavy atom. The number of carbonyl (C=O) groups is 1. The average Bonchev–Trinajstić information content (AvgIpc) is 2.43. The van der Waals surface area contributed by atoms with Crippen LogP contribution in [0, 0.1) is 0 Å². The van der Waals surface area contributed by atoms with Crippen LogP contribution in [0.4, 0.5) is 0 Å². The van der Waals surface area contributed by atoms with Gasteiger partial charge in [0.25, 0.3) is 0 Å². The molecular weight excluding hydrogens is 264 g/mol. The molecule has 0 saturated heterocycles. The molecule has 1 atom stereocenters. The van der Waals surface area contributed by atoms with Crippen LogP contribution >= 0.6 is 11.8 Å². The molecule has 0 amide bonds. The second-order valence-electron chi connectivity index (χ2n) is 4.39. The molecular formula is C14H18O4S. The quantitative estimate of drug-likeness (QED) is 0.812. The van der Waals surface area contributed by atoms with Crippen molar-refractivity contribution in [2.45, 2.75) is 36.3 Å². The van der Waals surface area contributed by atoms with Crippen molar-refractivity contribution in [2.75, 3.05) is 13.2 Å². The third kappa shape index (κ3) is 3.80. The molecule has 104 valence electrons. The number of benzene rings is 1. The van der Waals surface area contributed by atoms with Gasteiger partial charge in [0.05, 0.1) is 0 Å². The monoisotopic (exact) mass is 282 g/mol. The van der Waals surface area contributed by atoms with E-state index in [4.69, 9.17) is 9.47 Å². The maximum atomic E-state index is 11.2. The summed E-state index contributed by atoms with van der Waals surface area (Å²) in [5.74, 6) is 0.681. The van der Waals surface area contributed by atoms with E-state index in [0.717, 1.165) is 23.5 Å². The van der Waals surface area contributed by atoms with Gasteiger partial charge in [-0.3, -0.25) is 4.79 Å². The number of hydrogen-bond acceptors (Lipinski definition) is 4. The van der Waals surface area contributed by atoms with Crippen LogP contribution in [0.25, 0.3) is 0 Å². The molecule has 1 aromatic carbocycles. The lowest BCUT2D eigenvalue weighted by Crippen LogP contribution is -2.17. The first-order chi connectivity index (χ1) is 9.20. The molecule has 0 fully saturated rings. The molecule has 1 aliphatic rings. The van der Waals surface area contributed by atoms with Gasteiger partial charge in [0, 0.05) is 4.90 Å². The van der Waals surface area contributed by atoms with E-state index in [-0.39, 0.29) is 0 Å². The second-order valence-corrected chi connectivity index (χ2v) is 5.67. The molecule has 1 aliphatic heterocycles. The number of hydrogen-bond donors (Lipinski definition) is 1. The highest BCUT2D eigenvalue weighted by Gasteiger charge is 2.20. The minimum Gasteiger partial charge on any atom is -0.486 e. The smallest absolute Gasteiger partial charge is 0.316 e. The van der Waals surface area contributed by atoms with E-state index in [2.05, 4.69) is 6.92 Å². The summed E-state index contributed by atoms with van der Waals surface area (Å²) in [5, 5.41) is 8.82. The molecule has 1 heterocycles. The predicted molar refractivity (Wildman–Crippen MR) is 74.2 cm³/mol. The molecule has 1 aromatic rings. The van der Waals surface area contributed by atoms with Crippen LogP contribution in [0.15, 0.2) is 23.1 Å². The first-order valence-corrected chi connectivity index (χ1v) is 7.37. The van der Waals surface area contributed by atoms with Crippen molar-refractivity contribution >= 4 is 17.7 Å². The fourth-order valence-electron chi connectivity index (χ4n) is 1.88. The Kier molecular flexibility index (Phi) is 4.96. The van der Waals surface area contributed by atoms with E-state index >= 15 is 0 Å². The Morgan fingerprint density at radius 1 is 1.37 bits per heavy atom. The zero-order chi connectivity index (χ0) is 13.7. The molecule has 0 aliphatic carbocycles. The van der Waals surface area contributed by atoms with E-state index in [0.29, 0.717) is 25.4 Å². The zero-order valence-corrected chi connectivity index (χ0v) is 11.7. The largest absolute Gasteiger partial charge is 0.486 e. The van der Waals surface area contributed by atoms with Crippen LogP contribution in [-0.4, -0.2) is 29.5 Å². The van der Waals surface area contributed by atoms with Crippen LogP contribution in [0.1, 0.15) is 26.2 Å². The summed E-state index contributed by atoms with van der Waals surface area (Å²) in [7, 11) is 0. The lowest BCUT2D eigenvalue weighted by atomic mass is 10.2. The summed E-state index contributed by atoms with van der Waals surface area (Å²) in [6.45, 7) is 3.17. The molecule has 0 bridgehead atoms. The molecule has 0 saturated carbocycles. The normalized spacial score (nSPS) is 15.0. The lowest BCUT2D eigenvalue weighted by Gasteiger charge is -2.19. The first kappa shape index (κ1) is 14.1. The highest BCUT2D eigenvalue weighted by Crippen LogP contribution is 2.36. The molecule has 1 unspecified atom stereocenters. The summed E-state index contributed by atoms with van der Waals surface area (Å²) in [4.78, 5) is 12.1. The van der Waals surface area contributed by atoms with Crippen LogP contribution in [-0.2, 0) is 4.79 Å². The molecule has 1 N–H and O–H groups in total. The number of unbranched alkanes of at least 4 members (excludes halogenated alkanes) is 1. The minimum atomic E-state index is -0.756. The van der Waals surface area contributed by atoms with E-state index in [1.165, 1.54) is 11.8 Å². The molecule has 5 heteroatoms. The van der Waals surface area contributed by atoms with Crippen LogP contribution < -0.4 is 9.47 Å². The third-order valence-corrected chi connectivity index (χ3v) is 4.14. The maximum Gasteiger partial charge on any atom is 0.316 e. The molecule has 2 rings (SSSR count). The summed E-state index contributed by atoms with van der Waals surface area (Å²) in [5.41, 5.74) is 0. The first-order valence-electron chi connectivity index (χ1n) is 6.50. The van der Waals surface area contributed by atoms with Gasteiger partial charge in [-0.2, -0.15) is 0 Å². The standard InChI is InChI=1S/C14H18O4S/c1-2-3-4-13(14(15)16)19-10-5-6-11-12(9-10)18-8-7-17-11/h5-6,9,13H,2-4,7-8H2,1H3,(H,15,16). The Morgan fingerprint density at radius 3 is 2.79 bits per heavy atom. The Labute approximate surface area is 117 Å². The molecule has 0 radical (unpaired) electrons. The summed E-state index contributed by atoms with van der Waals surface area (Å²) < 4.78 is 10.9. The fraction of sp³-hybridized carbons (Fsp3) is 0.500. The number of aliphatic carboxylic acids is 1. The number of carboxylic acids is 1. The van der Waals surface area contributed by atoms with Gasteiger partial charge in [0.2, 0.25) is 0 Å². The zero-order valence-electron chi connectivity index (χ0n) is 10.9. The Bertz CT molecular complexity index is 447. The fourth-order valence-corrected chi connectivity index (χ4v) is 2.92. The molecule has 0 spiro atoms. The highest BCUT2D eigenvalue weighted by atomic mass is 32.2. The van der Waals surface area contributed by atoms with E-state index in [9.17, 15) is 9.90 Å². The number of carboxylic acid groups (broad SMARTS) is 1. The summed E-state index contributed by atoms with van der Waals surface area (Å²) in [6, 6.07) is 5.59. The molecule has 4 nitrogen and oxygen atoms in total. The van der Waals surface area contributed by atoms with Crippen LogP contribution in [0.3, 0.4) is 0 Å². The van der Waals surface area contributed by atoms with Crippen molar-refractivity contribution in [2.24, 2.45) is 0 Å². The SMILES string of the molecule is CCCCC(Sc1ccc2c(c1)OCCO2)C(=O)O. The second kappa shape index (κ2) is 6.70. The molecule has 19 heavy (non-hydrogen) atoms. The third-order valence-electron chi connectivity index (χ3n) is 2.89. The van der Waals surface area contributed by atoms with E-state index in [1.807, 2.05) is 18.2 Å². The van der Waals surface area contributed by atoms with Gasteiger partial charge in [-0.25, -0.2) is 0 Å². The summed E-state index contributed by atoms with van der Waals surface area (Å²) in [6.07, 6.45) is 2.62. The Balaban J connectivity index is 2.06. The lowest BCUT2D eigenvalue weighted by molar-refractivity contribution is -0.136. The Hall–Kier alpha value is -1.36. The van der Waals surface area contributed by atoms with E-state index < -0.39 is 11.2 Å². The van der Waals surface area contributed by atoms with Crippen molar-refractivity contribution in [1.82, 2.24) is 0 Å². The van der Waals surface area contributed by atoms with Crippen LogP contribution in [0.5, 0.6) is 11.5 Å². The number of thioether (sulfide) groups is 1. The van der Waals surface area contributed by atoms with Crippen molar-refractivity contribution < 1.29 is 19.4 Å². The van der Waals surface area contributed by atoms with Gasteiger partial charge in [-0.1, -0.05) is 19.8 Å². The van der Waals surface area contributed by atoms with Gasteiger partial charge in [0.15, 0.2) is 11.5 Å². The van der Waals surface area contributed by atoms with Gasteiger partial charge in [0.1, 0.15) is 18.5 Å². The van der Waals surface area contributed by atoms with E-state index in [1.54, 1.807) is 0 Å². The van der Waals surface area contributed by atoms with Gasteiger partial charge in [-0.05, 0) is 24.6 Å². The van der Waals surface area contributed by atoms with Gasteiger partial charge >= 0.3 is 5.97 Å². The minimum absolute atomic E-state index is 0.400. The number of rotatable bonds is 6. The number of fused-ring (bicyclic) bond motifs is 1. The van der Waals surface area contributed by atoms with Gasteiger partial charge in [-0.15, -0.1) is 11.8 Å². The van der Waals surface area contributed by atoms with Crippen LogP contribution in [0.2, 0.25) is 0 Å². The topological polar surface area (TPSA) is 55.8 Å². The van der Waals surface area contributed by atoms with Crippen molar-refractivity contribution in [3.8, 4) is 11.5 Å². The molecule has 0 aromatic heterocycles. The van der Waals surface area contributed by atoms with Crippen molar-refractivity contribution in [3.05, 3.63) is 18.2 Å². The summed E-state index contributed by atoms with van der Waals surface area (Å²) >= 11 is 1.37. The highest BCUT2D eigenvalue weighted by molar-refractivity contribution is 8.00. The predicted octanol–water partition coefficient (Wildman–Crippen LogP) is 3.19. The maximum absolute atomic E-state index is 11.2. The van der Waals surface area contributed by atoms with Crippen molar-refractivity contribution in [3.63, 3.8) is 0 Å². The average molecular weight is 282 g/mol. The number of ether oxygens (including phenoxy) is 2.